The quantitative estimate of drug-likeness (QED) is 0.504. The first kappa shape index (κ1) is 14.6. The van der Waals surface area contributed by atoms with E-state index in [1.807, 2.05) is 30.3 Å². The van der Waals surface area contributed by atoms with Crippen molar-refractivity contribution >= 4 is 48.5 Å². The Morgan fingerprint density at radius 3 is 2.25 bits per heavy atom. The second-order valence-electron chi connectivity index (χ2n) is 5.97. The maximum Gasteiger partial charge on any atom is 0.234 e. The first-order valence-corrected chi connectivity index (χ1v) is 7.88. The second-order valence-corrected chi connectivity index (χ2v) is 5.97. The van der Waals surface area contributed by atoms with Crippen molar-refractivity contribution in [2.24, 2.45) is 7.05 Å². The van der Waals surface area contributed by atoms with Gasteiger partial charge in [-0.25, -0.2) is 0 Å². The van der Waals surface area contributed by atoms with Crippen molar-refractivity contribution in [1.82, 2.24) is 9.05 Å². The Balaban J connectivity index is 2.17. The molecule has 2 nitrogen and oxygen atoms in total. The van der Waals surface area contributed by atoms with Gasteiger partial charge in [0.15, 0.2) is 0 Å². The van der Waals surface area contributed by atoms with Crippen LogP contribution in [0.25, 0.3) is 40.5 Å². The maximum atomic E-state index is 6.26. The topological polar surface area (TPSA) is 9.86 Å². The number of hydrogen-bond donors (Lipinski definition) is 0. The Labute approximate surface area is 142 Å². The Morgan fingerprint density at radius 2 is 1.58 bits per heavy atom. The minimum Gasteiger partial charge on any atom is -0.397 e. The van der Waals surface area contributed by atoms with Gasteiger partial charge < -0.3 is 9.05 Å². The maximum absolute atomic E-state index is 6.26. The van der Waals surface area contributed by atoms with E-state index in [4.69, 9.17) is 7.98 Å². The van der Waals surface area contributed by atoms with E-state index < -0.39 is 0 Å². The summed E-state index contributed by atoms with van der Waals surface area (Å²) in [6, 6.07) is 16.4. The lowest BCUT2D eigenvalue weighted by molar-refractivity contribution is 0.925. The van der Waals surface area contributed by atoms with Crippen LogP contribution in [0.1, 0.15) is 11.3 Å². The summed E-state index contributed by atoms with van der Waals surface area (Å²) in [5, 5.41) is 4.38. The van der Waals surface area contributed by atoms with Crippen LogP contribution >= 0.6 is 0 Å². The number of benzene rings is 2. The molecule has 2 heterocycles. The molecule has 0 aliphatic heterocycles. The van der Waals surface area contributed by atoms with Gasteiger partial charge in [-0.05, 0) is 24.3 Å². The van der Waals surface area contributed by atoms with Gasteiger partial charge >= 0.3 is 0 Å². The molecule has 0 amide bonds. The van der Waals surface area contributed by atoms with E-state index in [9.17, 15) is 0 Å². The Bertz CT molecular complexity index is 1210. The molecule has 2 aromatic carbocycles. The zero-order chi connectivity index (χ0) is 16.8. The fourth-order valence-electron chi connectivity index (χ4n) is 3.48. The van der Waals surface area contributed by atoms with Gasteiger partial charge in [0.25, 0.3) is 0 Å². The molecule has 0 saturated heterocycles. The van der Waals surface area contributed by atoms with Crippen molar-refractivity contribution in [3.63, 3.8) is 0 Å². The molecule has 0 bridgehead atoms. The molecule has 0 fully saturated rings. The smallest absolute Gasteiger partial charge is 0.234 e. The highest BCUT2D eigenvalue weighted by atomic mass is 14.9. The zero-order valence-corrected chi connectivity index (χ0v) is 13.7. The fourth-order valence-corrected chi connectivity index (χ4v) is 3.48. The lowest BCUT2D eigenvalue weighted by atomic mass is 10.1. The number of aromatic nitrogens is 2. The summed E-state index contributed by atoms with van der Waals surface area (Å²) < 4.78 is 3.87. The van der Waals surface area contributed by atoms with Gasteiger partial charge in [0.2, 0.25) is 7.98 Å². The predicted molar refractivity (Wildman–Crippen MR) is 104 cm³/mol. The average Bonchev–Trinajstić information content (AvgIpc) is 3.02. The van der Waals surface area contributed by atoms with Crippen molar-refractivity contribution in [3.8, 4) is 0 Å². The highest BCUT2D eigenvalue weighted by Crippen LogP contribution is 2.26. The average molecular weight is 308 g/mol. The number of fused-ring (bicyclic) bond motifs is 2. The summed E-state index contributed by atoms with van der Waals surface area (Å²) in [5.74, 6) is 0. The van der Waals surface area contributed by atoms with Crippen LogP contribution in [0.4, 0.5) is 0 Å². The molecule has 0 aliphatic rings. The van der Waals surface area contributed by atoms with Gasteiger partial charge in [-0.3, -0.25) is 0 Å². The SMILES string of the molecule is [B]n1c(C=C)c(/C=c2\c(=C)c3ccccc3n2C)c2ccccc21. The highest BCUT2D eigenvalue weighted by Gasteiger charge is 2.11. The molecule has 0 unspecified atom stereocenters. The summed E-state index contributed by atoms with van der Waals surface area (Å²) in [4.78, 5) is 0. The van der Waals surface area contributed by atoms with Crippen LogP contribution in [0, 0.1) is 0 Å². The van der Waals surface area contributed by atoms with Crippen LogP contribution in [0.3, 0.4) is 0 Å². The normalized spacial score (nSPS) is 12.3. The van der Waals surface area contributed by atoms with E-state index in [2.05, 4.69) is 49.0 Å². The van der Waals surface area contributed by atoms with Gasteiger partial charge in [-0.1, -0.05) is 49.6 Å². The third-order valence-corrected chi connectivity index (χ3v) is 4.72. The number of nitrogens with zero attached hydrogens (tertiary/aromatic N) is 2. The van der Waals surface area contributed by atoms with Crippen molar-refractivity contribution in [1.29, 1.82) is 0 Å². The molecular formula is C21H17BN2. The van der Waals surface area contributed by atoms with E-state index in [0.29, 0.717) is 0 Å². The van der Waals surface area contributed by atoms with Gasteiger partial charge in [0, 0.05) is 50.7 Å². The van der Waals surface area contributed by atoms with Crippen LogP contribution in [-0.2, 0) is 7.05 Å². The Hall–Kier alpha value is -2.94. The number of hydrogen-bond acceptors (Lipinski definition) is 0. The molecule has 0 N–H and O–H groups in total. The van der Waals surface area contributed by atoms with E-state index >= 15 is 0 Å². The summed E-state index contributed by atoms with van der Waals surface area (Å²) in [6.45, 7) is 8.23. The third-order valence-electron chi connectivity index (χ3n) is 4.72. The minimum absolute atomic E-state index is 0.904. The standard InChI is InChI=1S/C21H17BN2/c1-4-18-17(16-10-6-8-12-20(16)24(18)22)13-21-14(2)15-9-5-7-11-19(15)23(21)3/h4-13H,1-2H2,3H3/b21-13+. The Morgan fingerprint density at radius 1 is 0.958 bits per heavy atom. The molecule has 0 atom stereocenters. The number of rotatable bonds is 2. The van der Waals surface area contributed by atoms with Crippen LogP contribution < -0.4 is 10.6 Å². The van der Waals surface area contributed by atoms with Gasteiger partial charge in [-0.2, -0.15) is 0 Å². The third kappa shape index (κ3) is 1.91. The largest absolute Gasteiger partial charge is 0.397 e. The molecule has 24 heavy (non-hydrogen) atoms. The van der Waals surface area contributed by atoms with Crippen molar-refractivity contribution in [3.05, 3.63) is 76.9 Å². The van der Waals surface area contributed by atoms with E-state index in [-0.39, 0.29) is 0 Å². The minimum atomic E-state index is 0.904. The van der Waals surface area contributed by atoms with Crippen LogP contribution in [0.2, 0.25) is 0 Å². The summed E-state index contributed by atoms with van der Waals surface area (Å²) >= 11 is 0. The number of aryl methyl sites for hydroxylation is 1. The molecule has 4 aromatic rings. The van der Waals surface area contributed by atoms with Crippen LogP contribution in [-0.4, -0.2) is 17.0 Å². The van der Waals surface area contributed by atoms with Crippen molar-refractivity contribution < 1.29 is 0 Å². The first-order chi connectivity index (χ1) is 11.6. The molecule has 114 valence electrons. The Kier molecular flexibility index (Phi) is 3.24. The zero-order valence-electron chi connectivity index (χ0n) is 13.7. The van der Waals surface area contributed by atoms with E-state index in [0.717, 1.165) is 32.7 Å². The molecule has 4 rings (SSSR count). The summed E-state index contributed by atoms with van der Waals surface area (Å²) in [6.07, 6.45) is 3.96. The molecule has 3 heteroatoms. The molecule has 0 saturated carbocycles. The second kappa shape index (κ2) is 5.31. The lowest BCUT2D eigenvalue weighted by Crippen LogP contribution is -2.26. The molecule has 2 aromatic heterocycles. The van der Waals surface area contributed by atoms with Crippen LogP contribution in [0.5, 0.6) is 0 Å². The fraction of sp³-hybridized carbons (Fsp3) is 0.0476. The summed E-state index contributed by atoms with van der Waals surface area (Å²) in [7, 11) is 8.33. The summed E-state index contributed by atoms with van der Waals surface area (Å²) in [5.41, 5.74) is 4.13. The molecule has 2 radical (unpaired) electrons. The van der Waals surface area contributed by atoms with Gasteiger partial charge in [-0.15, -0.1) is 0 Å². The van der Waals surface area contributed by atoms with E-state index in [1.165, 1.54) is 10.9 Å². The molecular weight excluding hydrogens is 291 g/mol. The molecule has 0 spiro atoms. The molecule has 0 aliphatic carbocycles. The van der Waals surface area contributed by atoms with Crippen LogP contribution in [0.15, 0.2) is 55.1 Å². The lowest BCUT2D eigenvalue weighted by Gasteiger charge is -2.00. The highest BCUT2D eigenvalue weighted by molar-refractivity contribution is 6.15. The van der Waals surface area contributed by atoms with Gasteiger partial charge in [0.05, 0.1) is 0 Å². The first-order valence-electron chi connectivity index (χ1n) is 7.88. The van der Waals surface area contributed by atoms with Crippen molar-refractivity contribution in [2.45, 2.75) is 0 Å². The number of para-hydroxylation sites is 2. The monoisotopic (exact) mass is 308 g/mol. The van der Waals surface area contributed by atoms with Crippen molar-refractivity contribution in [2.75, 3.05) is 0 Å². The van der Waals surface area contributed by atoms with E-state index in [1.54, 1.807) is 10.6 Å². The van der Waals surface area contributed by atoms with Gasteiger partial charge in [0.1, 0.15) is 0 Å². The predicted octanol–water partition coefficient (Wildman–Crippen LogP) is 2.95.